The molecule has 4 nitrogen and oxygen atoms in total. The molecule has 252 valence electrons. The van der Waals surface area contributed by atoms with Gasteiger partial charge in [0.1, 0.15) is 0 Å². The molecule has 0 spiro atoms. The predicted octanol–water partition coefficient (Wildman–Crippen LogP) is 11.6. The van der Waals surface area contributed by atoms with Crippen LogP contribution in [0.5, 0.6) is 0 Å². The van der Waals surface area contributed by atoms with Gasteiger partial charge in [0.15, 0.2) is 0 Å². The van der Waals surface area contributed by atoms with Gasteiger partial charge in [0.05, 0.1) is 0 Å². The summed E-state index contributed by atoms with van der Waals surface area (Å²) >= 11 is 0. The van der Waals surface area contributed by atoms with Gasteiger partial charge >= 0.3 is 8.80 Å². The molecule has 0 N–H and O–H groups in total. The van der Waals surface area contributed by atoms with E-state index in [0.717, 1.165) is 77.4 Å². The van der Waals surface area contributed by atoms with Gasteiger partial charge in [-0.15, -0.1) is 0 Å². The smallest absolute Gasteiger partial charge is 0.373 e. The first kappa shape index (κ1) is 40.3. The number of nitrogens with zero attached hydrogens (tertiary/aromatic N) is 1. The van der Waals surface area contributed by atoms with Gasteiger partial charge in [-0.2, -0.15) is 0 Å². The van der Waals surface area contributed by atoms with Crippen LogP contribution < -0.4 is 0 Å². The van der Waals surface area contributed by atoms with Gasteiger partial charge in [-0.05, 0) is 116 Å². The van der Waals surface area contributed by atoms with E-state index in [-0.39, 0.29) is 0 Å². The molecule has 5 heteroatoms. The summed E-state index contributed by atoms with van der Waals surface area (Å²) in [5.74, 6) is 0. The normalized spacial score (nSPS) is 15.1. The van der Waals surface area contributed by atoms with Crippen LogP contribution in [-0.2, 0) is 13.3 Å². The molecule has 0 bridgehead atoms. The molecule has 0 aromatic heterocycles. The molecule has 1 heterocycles. The van der Waals surface area contributed by atoms with Gasteiger partial charge in [0, 0.05) is 25.9 Å². The van der Waals surface area contributed by atoms with Gasteiger partial charge in [-0.1, -0.05) is 102 Å². The van der Waals surface area contributed by atoms with E-state index in [0.29, 0.717) is 0 Å². The molecule has 0 atom stereocenters. The number of allylic oxidation sites excluding steroid dienone is 6. The van der Waals surface area contributed by atoms with Crippen molar-refractivity contribution in [2.45, 2.75) is 168 Å². The van der Waals surface area contributed by atoms with Gasteiger partial charge in [0.25, 0.3) is 0 Å². The molecule has 0 aliphatic carbocycles. The summed E-state index contributed by atoms with van der Waals surface area (Å²) in [6.45, 7) is 12.7. The molecule has 0 unspecified atom stereocenters. The zero-order valence-corrected chi connectivity index (χ0v) is 30.1. The van der Waals surface area contributed by atoms with Crippen LogP contribution in [0.25, 0.3) is 0 Å². The Bertz CT molecular complexity index is 590. The molecule has 43 heavy (non-hydrogen) atoms. The monoisotopic (exact) mass is 620 g/mol. The molecule has 1 aliphatic heterocycles. The molecule has 0 aromatic rings. The number of hydrogen-bond acceptors (Lipinski definition) is 4. The van der Waals surface area contributed by atoms with Crippen LogP contribution in [0.1, 0.15) is 162 Å². The van der Waals surface area contributed by atoms with Crippen molar-refractivity contribution >= 4 is 8.80 Å². The van der Waals surface area contributed by atoms with Crippen LogP contribution in [0.15, 0.2) is 36.5 Å². The standard InChI is InChI=1S/C38H73NO3Si/c1-4-7-10-13-16-19-22-28-35-40-43(38-31-34-39-32-26-25-27-33-39,41-36-29-23-20-17-14-11-8-5-2)42-37-30-24-21-18-15-12-9-6-3/h16-21H,4-15,22-38H2,1-3H3/b19-16-,20-17-,21-18-. The van der Waals surface area contributed by atoms with Crippen molar-refractivity contribution in [1.29, 1.82) is 0 Å². The zero-order chi connectivity index (χ0) is 30.9. The Hall–Kier alpha value is -0.723. The number of hydrogen-bond donors (Lipinski definition) is 0. The zero-order valence-electron chi connectivity index (χ0n) is 29.1. The van der Waals surface area contributed by atoms with Crippen molar-refractivity contribution in [2.24, 2.45) is 0 Å². The quantitative estimate of drug-likeness (QED) is 0.0439. The van der Waals surface area contributed by atoms with E-state index in [2.05, 4.69) is 62.1 Å². The number of unbranched alkanes of at least 4 members (excludes halogenated alkanes) is 12. The summed E-state index contributed by atoms with van der Waals surface area (Å²) in [5, 5.41) is 0. The van der Waals surface area contributed by atoms with Gasteiger partial charge in [0.2, 0.25) is 0 Å². The largest absolute Gasteiger partial charge is 0.501 e. The Morgan fingerprint density at radius 1 is 0.465 bits per heavy atom. The first-order valence-electron chi connectivity index (χ1n) is 18.9. The number of likely N-dealkylation sites (tertiary alicyclic amines) is 1. The van der Waals surface area contributed by atoms with Gasteiger partial charge < -0.3 is 18.2 Å². The minimum atomic E-state index is -2.74. The third kappa shape index (κ3) is 25.2. The Balaban J connectivity index is 2.68. The molecular weight excluding hydrogens is 547 g/mol. The third-order valence-electron chi connectivity index (χ3n) is 8.34. The van der Waals surface area contributed by atoms with Crippen molar-refractivity contribution in [1.82, 2.24) is 4.90 Å². The van der Waals surface area contributed by atoms with Crippen molar-refractivity contribution in [2.75, 3.05) is 39.5 Å². The molecular formula is C38H73NO3Si. The van der Waals surface area contributed by atoms with E-state index in [4.69, 9.17) is 13.3 Å². The second kappa shape index (κ2) is 31.3. The summed E-state index contributed by atoms with van der Waals surface area (Å²) in [4.78, 5) is 2.64. The summed E-state index contributed by atoms with van der Waals surface area (Å²) in [5.41, 5.74) is 0. The Labute approximate surface area is 270 Å². The lowest BCUT2D eigenvalue weighted by Gasteiger charge is -2.32. The van der Waals surface area contributed by atoms with Gasteiger partial charge in [-0.25, -0.2) is 0 Å². The highest BCUT2D eigenvalue weighted by molar-refractivity contribution is 6.60. The molecule has 0 aromatic carbocycles. The molecule has 1 aliphatic rings. The maximum Gasteiger partial charge on any atom is 0.501 e. The van der Waals surface area contributed by atoms with Crippen LogP contribution in [0.2, 0.25) is 6.04 Å². The minimum absolute atomic E-state index is 0.740. The Kier molecular flexibility index (Phi) is 29.3. The number of piperidine rings is 1. The van der Waals surface area contributed by atoms with Crippen LogP contribution >= 0.6 is 0 Å². The topological polar surface area (TPSA) is 30.9 Å². The van der Waals surface area contributed by atoms with Crippen molar-refractivity contribution < 1.29 is 13.3 Å². The fourth-order valence-corrected chi connectivity index (χ4v) is 8.21. The second-order valence-corrected chi connectivity index (χ2v) is 15.3. The van der Waals surface area contributed by atoms with Crippen molar-refractivity contribution in [3.63, 3.8) is 0 Å². The average molecular weight is 620 g/mol. The summed E-state index contributed by atoms with van der Waals surface area (Å²) in [6.07, 6.45) is 41.0. The van der Waals surface area contributed by atoms with Gasteiger partial charge in [-0.3, -0.25) is 0 Å². The van der Waals surface area contributed by atoms with E-state index >= 15 is 0 Å². The first-order chi connectivity index (χ1) is 21.3. The van der Waals surface area contributed by atoms with Crippen molar-refractivity contribution in [3.05, 3.63) is 36.5 Å². The molecule has 1 saturated heterocycles. The number of rotatable bonds is 31. The second-order valence-electron chi connectivity index (χ2n) is 12.6. The lowest BCUT2D eigenvalue weighted by atomic mass is 10.1. The molecule has 1 fully saturated rings. The van der Waals surface area contributed by atoms with Crippen molar-refractivity contribution in [3.8, 4) is 0 Å². The van der Waals surface area contributed by atoms with E-state index in [9.17, 15) is 0 Å². The predicted molar refractivity (Wildman–Crippen MR) is 191 cm³/mol. The highest BCUT2D eigenvalue weighted by Gasteiger charge is 2.40. The van der Waals surface area contributed by atoms with Crippen LogP contribution in [0.4, 0.5) is 0 Å². The maximum absolute atomic E-state index is 6.71. The van der Waals surface area contributed by atoms with Crippen LogP contribution in [-0.4, -0.2) is 53.2 Å². The van der Waals surface area contributed by atoms with E-state index in [1.807, 2.05) is 0 Å². The molecule has 0 saturated carbocycles. The van der Waals surface area contributed by atoms with Crippen LogP contribution in [0.3, 0.4) is 0 Å². The fourth-order valence-electron chi connectivity index (χ4n) is 5.57. The minimum Gasteiger partial charge on any atom is -0.373 e. The highest BCUT2D eigenvalue weighted by Crippen LogP contribution is 2.22. The maximum atomic E-state index is 6.71. The third-order valence-corrected chi connectivity index (χ3v) is 11.2. The summed E-state index contributed by atoms with van der Waals surface area (Å²) < 4.78 is 20.1. The molecule has 0 radical (unpaired) electrons. The Morgan fingerprint density at radius 2 is 0.837 bits per heavy atom. The average Bonchev–Trinajstić information content (AvgIpc) is 3.03. The molecule has 1 rings (SSSR count). The first-order valence-corrected chi connectivity index (χ1v) is 20.8. The lowest BCUT2D eigenvalue weighted by molar-refractivity contribution is 0.0557. The SMILES string of the molecule is CCCCC/C=C\CCCO[Si](CCCN1CCCCC1)(OCCC/C=C\CCCCC)OCCC/C=C\CCCCC. The lowest BCUT2D eigenvalue weighted by Crippen LogP contribution is -2.47. The highest BCUT2D eigenvalue weighted by atomic mass is 28.4. The van der Waals surface area contributed by atoms with E-state index < -0.39 is 8.80 Å². The van der Waals surface area contributed by atoms with E-state index in [1.165, 1.54) is 109 Å². The summed E-state index contributed by atoms with van der Waals surface area (Å²) in [6, 6.07) is 0.941. The Morgan fingerprint density at radius 3 is 1.21 bits per heavy atom. The summed E-state index contributed by atoms with van der Waals surface area (Å²) in [7, 11) is -2.74. The van der Waals surface area contributed by atoms with E-state index in [1.54, 1.807) is 0 Å². The molecule has 0 amide bonds. The van der Waals surface area contributed by atoms with Crippen LogP contribution in [0, 0.1) is 0 Å². The fraction of sp³-hybridized carbons (Fsp3) is 0.842.